The zero-order valence-electron chi connectivity index (χ0n) is 20.0. The first kappa shape index (κ1) is 26.6. The van der Waals surface area contributed by atoms with Gasteiger partial charge in [-0.25, -0.2) is 0 Å². The average Bonchev–Trinajstić information content (AvgIpc) is 3.33. The number of nitrogens with zero attached hydrogens (tertiary/aromatic N) is 3. The molecule has 196 valence electrons. The summed E-state index contributed by atoms with van der Waals surface area (Å²) in [5.41, 5.74) is 1.90. The highest BCUT2D eigenvalue weighted by Gasteiger charge is 2.37. The zero-order valence-corrected chi connectivity index (χ0v) is 22.3. The molecule has 5 amide bonds. The minimum atomic E-state index is -0.510. The number of carbonyl (C=O) groups excluding carboxylic acids is 5. The fourth-order valence-electron chi connectivity index (χ4n) is 4.08. The topological polar surface area (TPSA) is 117 Å². The van der Waals surface area contributed by atoms with Crippen molar-refractivity contribution in [1.82, 2.24) is 20.1 Å². The van der Waals surface area contributed by atoms with Crippen LogP contribution in [0.15, 0.2) is 65.8 Å². The van der Waals surface area contributed by atoms with Crippen LogP contribution in [-0.4, -0.2) is 56.7 Å². The summed E-state index contributed by atoms with van der Waals surface area (Å²) in [5.74, 6) is -1.93. The van der Waals surface area contributed by atoms with E-state index >= 15 is 0 Å². The predicted octanol–water partition coefficient (Wildman–Crippen LogP) is 4.65. The third kappa shape index (κ3) is 5.44. The number of pyridine rings is 1. The summed E-state index contributed by atoms with van der Waals surface area (Å²) in [6, 6.07) is 12.6. The lowest BCUT2D eigenvalue weighted by Gasteiger charge is -2.13. The van der Waals surface area contributed by atoms with Gasteiger partial charge in [0.25, 0.3) is 28.9 Å². The van der Waals surface area contributed by atoms with Gasteiger partial charge in [0.1, 0.15) is 0 Å². The second kappa shape index (κ2) is 11.0. The lowest BCUT2D eigenvalue weighted by atomic mass is 10.1. The molecular weight excluding hydrogens is 563 g/mol. The molecule has 0 saturated carbocycles. The molecule has 0 bridgehead atoms. The summed E-state index contributed by atoms with van der Waals surface area (Å²) in [7, 11) is 0. The van der Waals surface area contributed by atoms with Crippen molar-refractivity contribution in [1.29, 1.82) is 0 Å². The number of benzene rings is 2. The van der Waals surface area contributed by atoms with Crippen molar-refractivity contribution in [2.75, 3.05) is 13.1 Å². The first-order valence-electron chi connectivity index (χ1n) is 11.6. The van der Waals surface area contributed by atoms with E-state index in [9.17, 15) is 24.0 Å². The van der Waals surface area contributed by atoms with Crippen LogP contribution in [0.1, 0.15) is 42.2 Å². The molecule has 12 heteroatoms. The van der Waals surface area contributed by atoms with Crippen LogP contribution < -0.4 is 5.32 Å². The van der Waals surface area contributed by atoms with Crippen LogP contribution in [0.4, 0.5) is 4.79 Å². The lowest BCUT2D eigenvalue weighted by molar-refractivity contribution is -0.122. The number of carbonyl (C=O) groups is 5. The van der Waals surface area contributed by atoms with Crippen LogP contribution in [0.5, 0.6) is 0 Å². The highest BCUT2D eigenvalue weighted by atomic mass is 35.5. The minimum absolute atomic E-state index is 0.00490. The Hall–Kier alpha value is -3.99. The zero-order chi connectivity index (χ0) is 27.7. The molecule has 1 N–H and O–H groups in total. The van der Waals surface area contributed by atoms with E-state index in [-0.39, 0.29) is 41.2 Å². The van der Waals surface area contributed by atoms with Gasteiger partial charge in [-0.2, -0.15) is 0 Å². The van der Waals surface area contributed by atoms with Crippen LogP contribution in [0.3, 0.4) is 0 Å². The monoisotopic (exact) mass is 580 g/mol. The van der Waals surface area contributed by atoms with Crippen molar-refractivity contribution in [3.63, 3.8) is 0 Å². The molecule has 9 nitrogen and oxygen atoms in total. The smallest absolute Gasteiger partial charge is 0.293 e. The van der Waals surface area contributed by atoms with E-state index < -0.39 is 28.9 Å². The Morgan fingerprint density at radius 2 is 1.62 bits per heavy atom. The average molecular weight is 581 g/mol. The van der Waals surface area contributed by atoms with Crippen LogP contribution in [-0.2, 0) is 11.3 Å². The van der Waals surface area contributed by atoms with Gasteiger partial charge in [0.05, 0.1) is 32.6 Å². The third-order valence-electron chi connectivity index (χ3n) is 6.06. The molecule has 3 aromatic rings. The first-order valence-corrected chi connectivity index (χ1v) is 13.2. The molecule has 0 spiro atoms. The number of nitrogens with one attached hydrogen (secondary N) is 1. The molecule has 0 unspecified atom stereocenters. The number of amides is 5. The van der Waals surface area contributed by atoms with Gasteiger partial charge in [0.15, 0.2) is 0 Å². The number of aromatic nitrogens is 1. The number of hydrogen-bond donors (Lipinski definition) is 1. The third-order valence-corrected chi connectivity index (χ3v) is 7.71. The summed E-state index contributed by atoms with van der Waals surface area (Å²) in [6.45, 7) is 0.0417. The lowest BCUT2D eigenvalue weighted by Crippen LogP contribution is -2.37. The van der Waals surface area contributed by atoms with Crippen LogP contribution >= 0.6 is 35.0 Å². The van der Waals surface area contributed by atoms with E-state index in [2.05, 4.69) is 10.3 Å². The van der Waals surface area contributed by atoms with Crippen molar-refractivity contribution < 1.29 is 24.0 Å². The number of rotatable bonds is 7. The maximum absolute atomic E-state index is 12.9. The quantitative estimate of drug-likeness (QED) is 0.319. The Morgan fingerprint density at radius 3 is 2.36 bits per heavy atom. The molecular formula is C27H18Cl2N4O5S. The standard InChI is InChI=1S/C27H18Cl2N4O5S/c28-20-4-1-16(11-21(20)29)12-22-26(37)32(27(38)39-22)10-9-31-23(34)17-2-3-18-19(13-17)25(36)33(24(18)35)14-15-5-7-30-8-6-15/h1-8,11-13H,9-10,14H2,(H,31,34). The molecule has 5 rings (SSSR count). The molecule has 0 aliphatic carbocycles. The molecule has 1 saturated heterocycles. The van der Waals surface area contributed by atoms with Gasteiger partial charge < -0.3 is 5.32 Å². The summed E-state index contributed by atoms with van der Waals surface area (Å²) in [6.07, 6.45) is 4.70. The Morgan fingerprint density at radius 1 is 0.872 bits per heavy atom. The van der Waals surface area contributed by atoms with Gasteiger partial charge in [0, 0.05) is 31.0 Å². The molecule has 1 aromatic heterocycles. The minimum Gasteiger partial charge on any atom is -0.350 e. The Kier molecular flexibility index (Phi) is 7.51. The van der Waals surface area contributed by atoms with Gasteiger partial charge in [-0.15, -0.1) is 0 Å². The van der Waals surface area contributed by atoms with Crippen molar-refractivity contribution in [2.24, 2.45) is 0 Å². The molecule has 0 atom stereocenters. The number of imide groups is 2. The van der Waals surface area contributed by atoms with Crippen molar-refractivity contribution >= 4 is 69.9 Å². The Bertz CT molecular complexity index is 1580. The highest BCUT2D eigenvalue weighted by molar-refractivity contribution is 8.18. The second-order valence-corrected chi connectivity index (χ2v) is 10.4. The van der Waals surface area contributed by atoms with E-state index in [1.165, 1.54) is 18.2 Å². The summed E-state index contributed by atoms with van der Waals surface area (Å²) < 4.78 is 0. The number of fused-ring (bicyclic) bond motifs is 1. The maximum Gasteiger partial charge on any atom is 0.293 e. The van der Waals surface area contributed by atoms with Gasteiger partial charge in [-0.3, -0.25) is 38.8 Å². The summed E-state index contributed by atoms with van der Waals surface area (Å²) in [4.78, 5) is 69.8. The molecule has 3 heterocycles. The SMILES string of the molecule is O=C(NCCN1C(=O)SC(=Cc2ccc(Cl)c(Cl)c2)C1=O)c1ccc2c(c1)C(=O)N(Cc1ccncc1)C2=O. The Balaban J connectivity index is 1.20. The maximum atomic E-state index is 12.9. The van der Waals surface area contributed by atoms with Gasteiger partial charge in [-0.05, 0) is 71.4 Å². The molecule has 1 fully saturated rings. The molecule has 2 aromatic carbocycles. The van der Waals surface area contributed by atoms with E-state index in [1.54, 1.807) is 48.8 Å². The fraction of sp³-hybridized carbons (Fsp3) is 0.111. The fourth-order valence-corrected chi connectivity index (χ4v) is 5.25. The van der Waals surface area contributed by atoms with E-state index in [0.717, 1.165) is 27.1 Å². The van der Waals surface area contributed by atoms with E-state index in [4.69, 9.17) is 23.2 Å². The molecule has 2 aliphatic heterocycles. The highest BCUT2D eigenvalue weighted by Crippen LogP contribution is 2.33. The normalized spacial score (nSPS) is 15.9. The van der Waals surface area contributed by atoms with Gasteiger partial charge in [0.2, 0.25) is 0 Å². The first-order chi connectivity index (χ1) is 18.7. The van der Waals surface area contributed by atoms with Gasteiger partial charge in [-0.1, -0.05) is 29.3 Å². The summed E-state index contributed by atoms with van der Waals surface area (Å²) >= 11 is 12.7. The van der Waals surface area contributed by atoms with Crippen LogP contribution in [0, 0.1) is 0 Å². The van der Waals surface area contributed by atoms with Crippen molar-refractivity contribution in [3.05, 3.63) is 104 Å². The molecule has 39 heavy (non-hydrogen) atoms. The van der Waals surface area contributed by atoms with Crippen molar-refractivity contribution in [2.45, 2.75) is 6.54 Å². The van der Waals surface area contributed by atoms with Crippen LogP contribution in [0.25, 0.3) is 6.08 Å². The molecule has 2 aliphatic rings. The molecule has 0 radical (unpaired) electrons. The second-order valence-electron chi connectivity index (χ2n) is 8.58. The summed E-state index contributed by atoms with van der Waals surface area (Å²) in [5, 5.41) is 2.89. The van der Waals surface area contributed by atoms with Gasteiger partial charge >= 0.3 is 0 Å². The number of thioether (sulfide) groups is 1. The predicted molar refractivity (Wildman–Crippen MR) is 146 cm³/mol. The van der Waals surface area contributed by atoms with Crippen LogP contribution in [0.2, 0.25) is 10.0 Å². The van der Waals surface area contributed by atoms with E-state index in [1.807, 2.05) is 0 Å². The number of hydrogen-bond acceptors (Lipinski definition) is 7. The number of halogens is 2. The largest absolute Gasteiger partial charge is 0.350 e. The van der Waals surface area contributed by atoms with E-state index in [0.29, 0.717) is 15.6 Å². The van der Waals surface area contributed by atoms with Crippen molar-refractivity contribution in [3.8, 4) is 0 Å². The Labute approximate surface area is 236 Å².